The van der Waals surface area contributed by atoms with Gasteiger partial charge in [0.1, 0.15) is 23.5 Å². The fourth-order valence-electron chi connectivity index (χ4n) is 2.37. The van der Waals surface area contributed by atoms with E-state index in [1.54, 1.807) is 32.9 Å². The van der Waals surface area contributed by atoms with Crippen LogP contribution in [0.2, 0.25) is 0 Å². The number of nitrogens with zero attached hydrogens (tertiary/aromatic N) is 1. The lowest BCUT2D eigenvalue weighted by Gasteiger charge is -2.26. The Hall–Kier alpha value is -1.76. The summed E-state index contributed by atoms with van der Waals surface area (Å²) in [7, 11) is 0. The summed E-state index contributed by atoms with van der Waals surface area (Å²) in [4.78, 5) is 24.8. The van der Waals surface area contributed by atoms with Gasteiger partial charge in [-0.25, -0.2) is 9.59 Å². The number of rotatable bonds is 3. The lowest BCUT2D eigenvalue weighted by molar-refractivity contribution is -0.142. The zero-order valence-electron chi connectivity index (χ0n) is 13.3. The van der Waals surface area contributed by atoms with Crippen LogP contribution in [-0.2, 0) is 9.53 Å². The molecule has 1 N–H and O–H groups in total. The summed E-state index contributed by atoms with van der Waals surface area (Å²) in [6.07, 6.45) is -0.802. The fraction of sp³-hybridized carbons (Fsp3) is 0.500. The molecule has 1 aromatic rings. The van der Waals surface area contributed by atoms with Crippen LogP contribution in [0.1, 0.15) is 27.2 Å². The number of carboxylic acids is 1. The van der Waals surface area contributed by atoms with Gasteiger partial charge in [0.15, 0.2) is 0 Å². The Balaban J connectivity index is 2.08. The van der Waals surface area contributed by atoms with Gasteiger partial charge in [-0.05, 0) is 39.0 Å². The average Bonchev–Trinajstić information content (AvgIpc) is 2.81. The summed E-state index contributed by atoms with van der Waals surface area (Å²) in [6.45, 7) is 5.41. The van der Waals surface area contributed by atoms with Crippen molar-refractivity contribution in [3.63, 3.8) is 0 Å². The fourth-order valence-corrected chi connectivity index (χ4v) is 2.75. The maximum atomic E-state index is 12.2. The molecule has 126 valence electrons. The van der Waals surface area contributed by atoms with Crippen molar-refractivity contribution >= 4 is 28.0 Å². The van der Waals surface area contributed by atoms with Crippen molar-refractivity contribution in [3.05, 3.63) is 28.7 Å². The normalized spacial score (nSPS) is 21.1. The van der Waals surface area contributed by atoms with Gasteiger partial charge in [0.2, 0.25) is 0 Å². The van der Waals surface area contributed by atoms with Crippen molar-refractivity contribution in [2.24, 2.45) is 0 Å². The molecule has 6 nitrogen and oxygen atoms in total. The molecule has 2 atom stereocenters. The van der Waals surface area contributed by atoms with E-state index < -0.39 is 29.8 Å². The Bertz CT molecular complexity index is 598. The first-order chi connectivity index (χ1) is 10.7. The minimum absolute atomic E-state index is 0.179. The predicted molar refractivity (Wildman–Crippen MR) is 87.5 cm³/mol. The van der Waals surface area contributed by atoms with E-state index in [0.29, 0.717) is 5.75 Å². The van der Waals surface area contributed by atoms with Crippen LogP contribution < -0.4 is 4.74 Å². The zero-order valence-corrected chi connectivity index (χ0v) is 14.9. The quantitative estimate of drug-likeness (QED) is 0.863. The largest absolute Gasteiger partial charge is 0.488 e. The molecule has 2 rings (SSSR count). The van der Waals surface area contributed by atoms with Crippen molar-refractivity contribution in [1.82, 2.24) is 4.90 Å². The molecule has 1 saturated heterocycles. The number of carboxylic acid groups (broad SMARTS) is 1. The maximum absolute atomic E-state index is 12.2. The van der Waals surface area contributed by atoms with Crippen LogP contribution in [0, 0.1) is 0 Å². The van der Waals surface area contributed by atoms with Gasteiger partial charge >= 0.3 is 12.1 Å². The van der Waals surface area contributed by atoms with Crippen LogP contribution in [-0.4, -0.2) is 46.4 Å². The highest BCUT2D eigenvalue weighted by atomic mass is 79.9. The topological polar surface area (TPSA) is 76.1 Å². The van der Waals surface area contributed by atoms with Gasteiger partial charge in [-0.2, -0.15) is 0 Å². The standard InChI is InChI=1S/C16H20BrNO5/c1-16(2,3)23-15(21)18-9-12(8-13(18)14(19)20)22-11-6-4-5-10(17)7-11/h4-7,12-13H,8-9H2,1-3H3,(H,19,20)/t12-,13-/m0/s1. The number of hydrogen-bond donors (Lipinski definition) is 1. The molecule has 1 amide bonds. The van der Waals surface area contributed by atoms with Crippen molar-refractivity contribution in [2.45, 2.75) is 44.9 Å². The first-order valence-corrected chi connectivity index (χ1v) is 8.09. The van der Waals surface area contributed by atoms with Gasteiger partial charge in [0.25, 0.3) is 0 Å². The monoisotopic (exact) mass is 385 g/mol. The number of ether oxygens (including phenoxy) is 2. The predicted octanol–water partition coefficient (Wildman–Crippen LogP) is 3.29. The highest BCUT2D eigenvalue weighted by Crippen LogP contribution is 2.26. The summed E-state index contributed by atoms with van der Waals surface area (Å²) in [5.74, 6) is -0.434. The Morgan fingerprint density at radius 2 is 2.04 bits per heavy atom. The number of carbonyl (C=O) groups is 2. The van der Waals surface area contributed by atoms with Gasteiger partial charge in [0.05, 0.1) is 6.54 Å². The van der Waals surface area contributed by atoms with Gasteiger partial charge in [-0.1, -0.05) is 22.0 Å². The van der Waals surface area contributed by atoms with Crippen LogP contribution in [0.5, 0.6) is 5.75 Å². The van der Waals surface area contributed by atoms with E-state index in [4.69, 9.17) is 9.47 Å². The van der Waals surface area contributed by atoms with Gasteiger partial charge in [-0.15, -0.1) is 0 Å². The molecule has 0 radical (unpaired) electrons. The van der Waals surface area contributed by atoms with Crippen LogP contribution in [0.25, 0.3) is 0 Å². The third kappa shape index (κ3) is 4.86. The maximum Gasteiger partial charge on any atom is 0.411 e. The number of halogens is 1. The SMILES string of the molecule is CC(C)(C)OC(=O)N1C[C@@H](Oc2cccc(Br)c2)C[C@H]1C(=O)O. The van der Waals surface area contributed by atoms with Crippen molar-refractivity contribution in [1.29, 1.82) is 0 Å². The van der Waals surface area contributed by atoms with E-state index in [-0.39, 0.29) is 13.0 Å². The lowest BCUT2D eigenvalue weighted by atomic mass is 10.2. The highest BCUT2D eigenvalue weighted by molar-refractivity contribution is 9.10. The lowest BCUT2D eigenvalue weighted by Crippen LogP contribution is -2.43. The first kappa shape index (κ1) is 17.6. The summed E-state index contributed by atoms with van der Waals surface area (Å²) in [5.41, 5.74) is -0.677. The molecule has 0 spiro atoms. The van der Waals surface area contributed by atoms with E-state index in [1.807, 2.05) is 12.1 Å². The number of amides is 1. The molecule has 1 heterocycles. The Labute approximate surface area is 143 Å². The van der Waals surface area contributed by atoms with Crippen LogP contribution >= 0.6 is 15.9 Å². The van der Waals surface area contributed by atoms with Crippen LogP contribution in [0.15, 0.2) is 28.7 Å². The summed E-state index contributed by atoms with van der Waals surface area (Å²) >= 11 is 3.36. The summed E-state index contributed by atoms with van der Waals surface area (Å²) < 4.78 is 12.0. The van der Waals surface area contributed by atoms with Crippen molar-refractivity contribution in [2.75, 3.05) is 6.54 Å². The molecule has 0 bridgehead atoms. The Morgan fingerprint density at radius 1 is 1.35 bits per heavy atom. The molecule has 1 aliphatic rings. The van der Waals surface area contributed by atoms with Gasteiger partial charge in [-0.3, -0.25) is 4.90 Å². The number of benzene rings is 1. The summed E-state index contributed by atoms with van der Waals surface area (Å²) in [6, 6.07) is 6.34. The zero-order chi connectivity index (χ0) is 17.2. The molecule has 23 heavy (non-hydrogen) atoms. The van der Waals surface area contributed by atoms with Crippen molar-refractivity contribution < 1.29 is 24.2 Å². The molecule has 0 unspecified atom stereocenters. The summed E-state index contributed by atoms with van der Waals surface area (Å²) in [5, 5.41) is 9.35. The average molecular weight is 386 g/mol. The number of likely N-dealkylation sites (tertiary alicyclic amines) is 1. The van der Waals surface area contributed by atoms with Crippen LogP contribution in [0.4, 0.5) is 4.79 Å². The van der Waals surface area contributed by atoms with Crippen LogP contribution in [0.3, 0.4) is 0 Å². The molecule has 1 fully saturated rings. The third-order valence-corrected chi connectivity index (χ3v) is 3.77. The molecule has 0 aliphatic carbocycles. The van der Waals surface area contributed by atoms with Gasteiger partial charge < -0.3 is 14.6 Å². The molecule has 7 heteroatoms. The highest BCUT2D eigenvalue weighted by Gasteiger charge is 2.42. The van der Waals surface area contributed by atoms with E-state index in [2.05, 4.69) is 15.9 Å². The second kappa shape index (κ2) is 6.78. The molecule has 0 saturated carbocycles. The second-order valence-electron chi connectivity index (χ2n) is 6.42. The minimum atomic E-state index is -1.06. The molecule has 0 aromatic heterocycles. The van der Waals surface area contributed by atoms with E-state index in [1.165, 1.54) is 4.90 Å². The second-order valence-corrected chi connectivity index (χ2v) is 7.34. The Kier molecular flexibility index (Phi) is 5.19. The van der Waals surface area contributed by atoms with E-state index in [9.17, 15) is 14.7 Å². The van der Waals surface area contributed by atoms with E-state index in [0.717, 1.165) is 4.47 Å². The molecular weight excluding hydrogens is 366 g/mol. The van der Waals surface area contributed by atoms with Gasteiger partial charge in [0, 0.05) is 10.9 Å². The smallest absolute Gasteiger partial charge is 0.411 e. The molecule has 1 aromatic carbocycles. The minimum Gasteiger partial charge on any atom is -0.488 e. The first-order valence-electron chi connectivity index (χ1n) is 7.30. The van der Waals surface area contributed by atoms with Crippen molar-refractivity contribution in [3.8, 4) is 5.75 Å². The third-order valence-electron chi connectivity index (χ3n) is 3.27. The Morgan fingerprint density at radius 3 is 2.61 bits per heavy atom. The number of aliphatic carboxylic acids is 1. The van der Waals surface area contributed by atoms with E-state index >= 15 is 0 Å². The molecule has 1 aliphatic heterocycles. The number of hydrogen-bond acceptors (Lipinski definition) is 4. The number of carbonyl (C=O) groups excluding carboxylic acids is 1. The molecular formula is C16H20BrNO5.